The molecule has 0 unspecified atom stereocenters. The lowest BCUT2D eigenvalue weighted by Crippen LogP contribution is -2.32. The maximum Gasteiger partial charge on any atom is 0.337 e. The van der Waals surface area contributed by atoms with E-state index >= 15 is 0 Å². The number of thiophene rings is 1. The minimum atomic E-state index is -0.501. The third-order valence-electron chi connectivity index (χ3n) is 3.72. The Morgan fingerprint density at radius 3 is 2.63 bits per heavy atom. The van der Waals surface area contributed by atoms with Crippen LogP contribution in [0, 0.1) is 0 Å². The monoisotopic (exact) mass is 402 g/mol. The molecule has 0 saturated heterocycles. The summed E-state index contributed by atoms with van der Waals surface area (Å²) in [6.45, 7) is -0.230. The summed E-state index contributed by atoms with van der Waals surface area (Å²) in [5.74, 6) is -1.35. The minimum Gasteiger partial charge on any atom is -0.465 e. The highest BCUT2D eigenvalue weighted by atomic mass is 35.5. The van der Waals surface area contributed by atoms with E-state index in [0.29, 0.717) is 21.2 Å². The molecule has 1 heterocycles. The molecule has 1 aromatic heterocycles. The molecule has 0 atom stereocenters. The number of amides is 2. The van der Waals surface area contributed by atoms with Gasteiger partial charge < -0.3 is 15.4 Å². The summed E-state index contributed by atoms with van der Waals surface area (Å²) >= 11 is 7.53. The number of benzene rings is 2. The van der Waals surface area contributed by atoms with E-state index in [0.717, 1.165) is 10.1 Å². The summed E-state index contributed by atoms with van der Waals surface area (Å²) < 4.78 is 5.54. The van der Waals surface area contributed by atoms with Gasteiger partial charge in [-0.25, -0.2) is 4.79 Å². The highest BCUT2D eigenvalue weighted by Gasteiger charge is 2.17. The van der Waals surface area contributed by atoms with Gasteiger partial charge in [-0.15, -0.1) is 11.3 Å². The van der Waals surface area contributed by atoms with Crippen molar-refractivity contribution in [1.29, 1.82) is 0 Å². The normalized spacial score (nSPS) is 10.4. The van der Waals surface area contributed by atoms with E-state index in [-0.39, 0.29) is 6.54 Å². The molecule has 0 bridgehead atoms. The van der Waals surface area contributed by atoms with Crippen LogP contribution in [0.15, 0.2) is 48.5 Å². The first-order valence-corrected chi connectivity index (χ1v) is 9.12. The number of methoxy groups -OCH3 is 1. The number of carbonyl (C=O) groups excluding carboxylic acids is 3. The van der Waals surface area contributed by atoms with Gasteiger partial charge in [-0.3, -0.25) is 9.59 Å². The van der Waals surface area contributed by atoms with Crippen molar-refractivity contribution in [2.24, 2.45) is 0 Å². The Morgan fingerprint density at radius 2 is 1.89 bits per heavy atom. The first-order chi connectivity index (χ1) is 13.0. The predicted molar refractivity (Wildman–Crippen MR) is 106 cm³/mol. The van der Waals surface area contributed by atoms with Crippen LogP contribution in [0.25, 0.3) is 10.1 Å². The zero-order valence-electron chi connectivity index (χ0n) is 14.2. The molecule has 3 aromatic rings. The molecule has 0 fully saturated rings. The number of hydrogen-bond donors (Lipinski definition) is 2. The van der Waals surface area contributed by atoms with Crippen LogP contribution < -0.4 is 10.6 Å². The van der Waals surface area contributed by atoms with Crippen molar-refractivity contribution in [3.8, 4) is 0 Å². The van der Waals surface area contributed by atoms with Gasteiger partial charge in [0.2, 0.25) is 5.91 Å². The molecule has 0 aliphatic carbocycles. The molecule has 0 spiro atoms. The van der Waals surface area contributed by atoms with Gasteiger partial charge in [0.25, 0.3) is 5.91 Å². The first kappa shape index (κ1) is 18.9. The van der Waals surface area contributed by atoms with E-state index in [9.17, 15) is 14.4 Å². The predicted octanol–water partition coefficient (Wildman–Crippen LogP) is 3.71. The smallest absolute Gasteiger partial charge is 0.337 e. The number of anilines is 1. The van der Waals surface area contributed by atoms with Gasteiger partial charge in [-0.05, 0) is 24.3 Å². The fourth-order valence-electron chi connectivity index (χ4n) is 2.45. The maximum absolute atomic E-state index is 12.3. The molecule has 0 aliphatic rings. The fourth-order valence-corrected chi connectivity index (χ4v) is 3.88. The first-order valence-electron chi connectivity index (χ1n) is 7.93. The molecule has 2 amide bonds. The van der Waals surface area contributed by atoms with Gasteiger partial charge in [0.1, 0.15) is 4.88 Å². The number of hydrogen-bond acceptors (Lipinski definition) is 5. The van der Waals surface area contributed by atoms with Gasteiger partial charge >= 0.3 is 5.97 Å². The quantitative estimate of drug-likeness (QED) is 0.637. The number of fused-ring (bicyclic) bond motifs is 1. The Balaban J connectivity index is 1.62. The van der Waals surface area contributed by atoms with Crippen LogP contribution in [-0.4, -0.2) is 31.4 Å². The third-order valence-corrected chi connectivity index (χ3v) is 5.39. The van der Waals surface area contributed by atoms with E-state index in [4.69, 9.17) is 11.6 Å². The second-order valence-electron chi connectivity index (χ2n) is 5.54. The topological polar surface area (TPSA) is 84.5 Å². The van der Waals surface area contributed by atoms with Crippen molar-refractivity contribution < 1.29 is 19.1 Å². The van der Waals surface area contributed by atoms with Crippen molar-refractivity contribution in [1.82, 2.24) is 5.32 Å². The summed E-state index contributed by atoms with van der Waals surface area (Å²) in [5.41, 5.74) is 0.744. The fraction of sp³-hybridized carbons (Fsp3) is 0.105. The Morgan fingerprint density at radius 1 is 1.11 bits per heavy atom. The van der Waals surface area contributed by atoms with Crippen molar-refractivity contribution >= 4 is 56.5 Å². The number of nitrogens with one attached hydrogen (secondary N) is 2. The molecule has 0 aliphatic heterocycles. The van der Waals surface area contributed by atoms with E-state index < -0.39 is 17.8 Å². The van der Waals surface area contributed by atoms with Crippen LogP contribution in [0.1, 0.15) is 20.0 Å². The van der Waals surface area contributed by atoms with Crippen LogP contribution in [0.3, 0.4) is 0 Å². The second kappa shape index (κ2) is 8.20. The second-order valence-corrected chi connectivity index (χ2v) is 6.97. The Bertz CT molecular complexity index is 1030. The van der Waals surface area contributed by atoms with Crippen LogP contribution in [0.2, 0.25) is 5.02 Å². The van der Waals surface area contributed by atoms with Gasteiger partial charge in [-0.2, -0.15) is 0 Å². The van der Waals surface area contributed by atoms with Gasteiger partial charge in [0.05, 0.1) is 24.2 Å². The number of ether oxygens (including phenoxy) is 1. The van der Waals surface area contributed by atoms with Crippen LogP contribution in [-0.2, 0) is 9.53 Å². The third kappa shape index (κ3) is 4.27. The lowest BCUT2D eigenvalue weighted by atomic mass is 10.2. The molecule has 27 heavy (non-hydrogen) atoms. The zero-order valence-corrected chi connectivity index (χ0v) is 15.8. The number of esters is 1. The Kier molecular flexibility index (Phi) is 5.73. The molecule has 6 nitrogen and oxygen atoms in total. The molecule has 8 heteroatoms. The number of halogens is 1. The van der Waals surface area contributed by atoms with Crippen molar-refractivity contribution in [3.63, 3.8) is 0 Å². The molecule has 0 saturated carbocycles. The molecule has 2 aromatic carbocycles. The van der Waals surface area contributed by atoms with E-state index in [1.165, 1.54) is 24.5 Å². The lowest BCUT2D eigenvalue weighted by molar-refractivity contribution is -0.115. The number of carbonyl (C=O) groups is 3. The summed E-state index contributed by atoms with van der Waals surface area (Å²) in [4.78, 5) is 36.3. The average molecular weight is 403 g/mol. The summed E-state index contributed by atoms with van der Waals surface area (Å²) in [5, 5.41) is 6.35. The highest BCUT2D eigenvalue weighted by molar-refractivity contribution is 7.21. The minimum absolute atomic E-state index is 0.230. The van der Waals surface area contributed by atoms with Gasteiger partial charge in [0, 0.05) is 15.8 Å². The average Bonchev–Trinajstić information content (AvgIpc) is 3.02. The molecule has 2 N–H and O–H groups in total. The van der Waals surface area contributed by atoms with Crippen LogP contribution in [0.5, 0.6) is 0 Å². The highest BCUT2D eigenvalue weighted by Crippen LogP contribution is 2.34. The molecule has 0 radical (unpaired) electrons. The van der Waals surface area contributed by atoms with E-state index in [1.807, 2.05) is 24.3 Å². The Hall–Kier alpha value is -2.90. The summed E-state index contributed by atoms with van der Waals surface area (Å²) in [7, 11) is 1.28. The van der Waals surface area contributed by atoms with Crippen molar-refractivity contribution in [2.75, 3.05) is 19.0 Å². The van der Waals surface area contributed by atoms with E-state index in [1.54, 1.807) is 18.2 Å². The van der Waals surface area contributed by atoms with Gasteiger partial charge in [-0.1, -0.05) is 35.9 Å². The maximum atomic E-state index is 12.3. The molecular formula is C19H15ClN2O4S. The lowest BCUT2D eigenvalue weighted by Gasteiger charge is -2.08. The van der Waals surface area contributed by atoms with Gasteiger partial charge in [0.15, 0.2) is 0 Å². The van der Waals surface area contributed by atoms with Crippen molar-refractivity contribution in [3.05, 3.63) is 64.0 Å². The van der Waals surface area contributed by atoms with Crippen LogP contribution >= 0.6 is 22.9 Å². The molecule has 3 rings (SSSR count). The van der Waals surface area contributed by atoms with Crippen molar-refractivity contribution in [2.45, 2.75) is 0 Å². The van der Waals surface area contributed by atoms with Crippen LogP contribution in [0.4, 0.5) is 5.69 Å². The molecule has 138 valence electrons. The summed E-state index contributed by atoms with van der Waals surface area (Å²) in [6, 6.07) is 13.8. The zero-order chi connectivity index (χ0) is 19.4. The SMILES string of the molecule is COC(=O)c1cccc(NC(=O)CNC(=O)c2sc3ccccc3c2Cl)c1. The summed E-state index contributed by atoms with van der Waals surface area (Å²) in [6.07, 6.45) is 0. The largest absolute Gasteiger partial charge is 0.465 e. The Labute approximate surface area is 164 Å². The van der Waals surface area contributed by atoms with E-state index in [2.05, 4.69) is 15.4 Å². The molecular weight excluding hydrogens is 388 g/mol. The standard InChI is InChI=1S/C19H15ClN2O4S/c1-26-19(25)11-5-4-6-12(9-11)22-15(23)10-21-18(24)17-16(20)13-7-2-3-8-14(13)27-17/h2-9H,10H2,1H3,(H,21,24)(H,22,23). The number of rotatable bonds is 5.